The predicted octanol–water partition coefficient (Wildman–Crippen LogP) is 2.89. The number of aromatic nitrogens is 2. The van der Waals surface area contributed by atoms with Gasteiger partial charge in [-0.25, -0.2) is 9.97 Å². The van der Waals surface area contributed by atoms with Crippen LogP contribution >= 0.6 is 11.3 Å². The van der Waals surface area contributed by atoms with Crippen molar-refractivity contribution in [3.8, 4) is 0 Å². The fourth-order valence-corrected chi connectivity index (χ4v) is 2.20. The zero-order valence-electron chi connectivity index (χ0n) is 10.0. The number of hydrogen-bond donors (Lipinski definition) is 2. The van der Waals surface area contributed by atoms with Crippen molar-refractivity contribution in [1.82, 2.24) is 9.97 Å². The fraction of sp³-hybridized carbons (Fsp3) is 0.333. The minimum absolute atomic E-state index is 0.807. The van der Waals surface area contributed by atoms with E-state index in [1.165, 1.54) is 4.88 Å². The van der Waals surface area contributed by atoms with E-state index in [2.05, 4.69) is 45.0 Å². The Kier molecular flexibility index (Phi) is 3.93. The maximum absolute atomic E-state index is 4.26. The van der Waals surface area contributed by atoms with Gasteiger partial charge in [0.2, 0.25) is 0 Å². The van der Waals surface area contributed by atoms with Gasteiger partial charge in [-0.3, -0.25) is 0 Å². The molecule has 2 aromatic heterocycles. The average molecular weight is 248 g/mol. The monoisotopic (exact) mass is 248 g/mol. The highest BCUT2D eigenvalue weighted by Crippen LogP contribution is 2.19. The van der Waals surface area contributed by atoms with Crippen LogP contribution in [0.25, 0.3) is 0 Å². The van der Waals surface area contributed by atoms with Gasteiger partial charge in [-0.15, -0.1) is 11.3 Å². The Bertz CT molecular complexity index is 467. The molecule has 17 heavy (non-hydrogen) atoms. The summed E-state index contributed by atoms with van der Waals surface area (Å²) in [5, 5.41) is 8.63. The van der Waals surface area contributed by atoms with Crippen LogP contribution in [0, 0.1) is 6.92 Å². The number of rotatable bonds is 5. The number of nitrogens with zero attached hydrogens (tertiary/aromatic N) is 2. The minimum atomic E-state index is 0.807. The van der Waals surface area contributed by atoms with E-state index in [-0.39, 0.29) is 0 Å². The van der Waals surface area contributed by atoms with Crippen LogP contribution in [0.3, 0.4) is 0 Å². The van der Waals surface area contributed by atoms with E-state index in [9.17, 15) is 0 Å². The van der Waals surface area contributed by atoms with Crippen molar-refractivity contribution in [1.29, 1.82) is 0 Å². The second-order valence-corrected chi connectivity index (χ2v) is 4.69. The molecule has 0 aromatic carbocycles. The summed E-state index contributed by atoms with van der Waals surface area (Å²) >= 11 is 1.74. The summed E-state index contributed by atoms with van der Waals surface area (Å²) in [6, 6.07) is 4.16. The maximum atomic E-state index is 4.26. The van der Waals surface area contributed by atoms with Crippen molar-refractivity contribution >= 4 is 23.0 Å². The first kappa shape index (κ1) is 11.9. The minimum Gasteiger partial charge on any atom is -0.370 e. The van der Waals surface area contributed by atoms with Crippen LogP contribution in [-0.2, 0) is 6.54 Å². The van der Waals surface area contributed by atoms with Gasteiger partial charge >= 0.3 is 0 Å². The third-order valence-electron chi connectivity index (χ3n) is 2.44. The Balaban J connectivity index is 2.07. The summed E-state index contributed by atoms with van der Waals surface area (Å²) in [5.41, 5.74) is 1.06. The van der Waals surface area contributed by atoms with Gasteiger partial charge in [0.15, 0.2) is 0 Å². The molecular weight excluding hydrogens is 232 g/mol. The molecule has 0 saturated heterocycles. The fourth-order valence-electron chi connectivity index (χ4n) is 1.56. The second kappa shape index (κ2) is 5.63. The lowest BCUT2D eigenvalue weighted by molar-refractivity contribution is 1.05. The van der Waals surface area contributed by atoms with E-state index in [0.717, 1.165) is 30.3 Å². The topological polar surface area (TPSA) is 49.8 Å². The van der Waals surface area contributed by atoms with Gasteiger partial charge in [0.1, 0.15) is 18.0 Å². The Morgan fingerprint density at radius 1 is 1.24 bits per heavy atom. The van der Waals surface area contributed by atoms with Crippen molar-refractivity contribution in [2.75, 3.05) is 17.2 Å². The van der Waals surface area contributed by atoms with E-state index >= 15 is 0 Å². The first-order valence-electron chi connectivity index (χ1n) is 5.63. The molecule has 0 bridgehead atoms. The van der Waals surface area contributed by atoms with Crippen molar-refractivity contribution in [2.24, 2.45) is 0 Å². The molecule has 0 amide bonds. The Hall–Kier alpha value is -1.62. The largest absolute Gasteiger partial charge is 0.370 e. The van der Waals surface area contributed by atoms with Crippen LogP contribution in [0.2, 0.25) is 0 Å². The van der Waals surface area contributed by atoms with Gasteiger partial charge in [-0.05, 0) is 25.3 Å². The highest BCUT2D eigenvalue weighted by Gasteiger charge is 2.05. The molecule has 5 heteroatoms. The lowest BCUT2D eigenvalue weighted by atomic mass is 10.3. The highest BCUT2D eigenvalue weighted by atomic mass is 32.1. The molecule has 2 N–H and O–H groups in total. The van der Waals surface area contributed by atoms with Gasteiger partial charge in [-0.2, -0.15) is 0 Å². The van der Waals surface area contributed by atoms with E-state index in [1.807, 2.05) is 6.92 Å². The normalized spacial score (nSPS) is 10.2. The van der Waals surface area contributed by atoms with Gasteiger partial charge < -0.3 is 10.6 Å². The molecule has 2 rings (SSSR count). The van der Waals surface area contributed by atoms with Crippen molar-refractivity contribution in [2.45, 2.75) is 20.4 Å². The summed E-state index contributed by atoms with van der Waals surface area (Å²) in [4.78, 5) is 9.78. The quantitative estimate of drug-likeness (QED) is 0.854. The van der Waals surface area contributed by atoms with Crippen LogP contribution in [0.4, 0.5) is 11.6 Å². The Labute approximate surface area is 105 Å². The average Bonchev–Trinajstić information content (AvgIpc) is 2.83. The summed E-state index contributed by atoms with van der Waals surface area (Å²) in [7, 11) is 0. The molecule has 4 nitrogen and oxygen atoms in total. The summed E-state index contributed by atoms with van der Waals surface area (Å²) in [5.74, 6) is 1.79. The van der Waals surface area contributed by atoms with Gasteiger partial charge in [0.25, 0.3) is 0 Å². The molecule has 0 saturated carbocycles. The van der Waals surface area contributed by atoms with E-state index in [4.69, 9.17) is 0 Å². The van der Waals surface area contributed by atoms with E-state index in [1.54, 1.807) is 17.7 Å². The molecule has 2 aromatic rings. The Morgan fingerprint density at radius 3 is 2.65 bits per heavy atom. The van der Waals surface area contributed by atoms with Crippen LogP contribution in [-0.4, -0.2) is 16.5 Å². The van der Waals surface area contributed by atoms with Gasteiger partial charge in [0, 0.05) is 17.0 Å². The van der Waals surface area contributed by atoms with Crippen LogP contribution in [0.5, 0.6) is 0 Å². The molecule has 0 aliphatic heterocycles. The number of hydrogen-bond acceptors (Lipinski definition) is 5. The smallest absolute Gasteiger partial charge is 0.134 e. The molecule has 0 spiro atoms. The lowest BCUT2D eigenvalue weighted by Gasteiger charge is -2.11. The molecule has 0 unspecified atom stereocenters. The number of nitrogens with one attached hydrogen (secondary N) is 2. The predicted molar refractivity (Wildman–Crippen MR) is 72.6 cm³/mol. The highest BCUT2D eigenvalue weighted by molar-refractivity contribution is 7.09. The molecule has 0 atom stereocenters. The first-order valence-corrected chi connectivity index (χ1v) is 6.51. The third-order valence-corrected chi connectivity index (χ3v) is 3.31. The van der Waals surface area contributed by atoms with Crippen molar-refractivity contribution in [3.05, 3.63) is 34.3 Å². The Morgan fingerprint density at radius 2 is 2.00 bits per heavy atom. The molecule has 2 heterocycles. The summed E-state index contributed by atoms with van der Waals surface area (Å²) in [6.07, 6.45) is 1.59. The first-order chi connectivity index (χ1) is 8.31. The van der Waals surface area contributed by atoms with Gasteiger partial charge in [-0.1, -0.05) is 6.07 Å². The molecule has 0 fully saturated rings. The van der Waals surface area contributed by atoms with Crippen molar-refractivity contribution < 1.29 is 0 Å². The molecular formula is C12H16N4S. The van der Waals surface area contributed by atoms with E-state index < -0.39 is 0 Å². The van der Waals surface area contributed by atoms with Crippen molar-refractivity contribution in [3.63, 3.8) is 0 Å². The molecule has 90 valence electrons. The third kappa shape index (κ3) is 2.94. The van der Waals surface area contributed by atoms with Crippen LogP contribution in [0.1, 0.15) is 17.4 Å². The SMILES string of the molecule is CCNc1ncnc(NCc2cccs2)c1C. The summed E-state index contributed by atoms with van der Waals surface area (Å²) < 4.78 is 0. The molecule has 0 aliphatic rings. The summed E-state index contributed by atoms with van der Waals surface area (Å²) in [6.45, 7) is 5.75. The number of anilines is 2. The standard InChI is InChI=1S/C12H16N4S/c1-3-13-11-9(2)12(16-8-15-11)14-7-10-5-4-6-17-10/h4-6,8H,3,7H2,1-2H3,(H2,13,14,15,16). The zero-order chi connectivity index (χ0) is 12.1. The molecule has 0 aliphatic carbocycles. The maximum Gasteiger partial charge on any atom is 0.134 e. The number of thiophene rings is 1. The zero-order valence-corrected chi connectivity index (χ0v) is 10.8. The molecule has 0 radical (unpaired) electrons. The second-order valence-electron chi connectivity index (χ2n) is 3.66. The lowest BCUT2D eigenvalue weighted by Crippen LogP contribution is -2.07. The van der Waals surface area contributed by atoms with Crippen LogP contribution < -0.4 is 10.6 Å². The van der Waals surface area contributed by atoms with Gasteiger partial charge in [0.05, 0.1) is 6.54 Å². The van der Waals surface area contributed by atoms with Crippen LogP contribution in [0.15, 0.2) is 23.8 Å². The van der Waals surface area contributed by atoms with E-state index in [0.29, 0.717) is 0 Å².